The average molecular weight is 481 g/mol. The quantitative estimate of drug-likeness (QED) is 0.142. The minimum Gasteiger partial charge on any atom is -0.491 e. The van der Waals surface area contributed by atoms with Crippen LogP contribution in [0, 0.1) is 0 Å². The molecule has 0 spiro atoms. The summed E-state index contributed by atoms with van der Waals surface area (Å²) in [6.07, 6.45) is 1.30. The van der Waals surface area contributed by atoms with Crippen molar-refractivity contribution in [3.05, 3.63) is 57.6 Å². The molecule has 0 aliphatic heterocycles. The number of amides is 2. The molecule has 11 heteroatoms. The van der Waals surface area contributed by atoms with Crippen LogP contribution in [0.2, 0.25) is 10.0 Å². The van der Waals surface area contributed by atoms with Crippen molar-refractivity contribution >= 4 is 46.7 Å². The van der Waals surface area contributed by atoms with E-state index in [2.05, 4.69) is 10.3 Å². The Kier molecular flexibility index (Phi) is 9.42. The van der Waals surface area contributed by atoms with Gasteiger partial charge >= 0.3 is 0 Å². The van der Waals surface area contributed by atoms with Crippen molar-refractivity contribution in [3.63, 3.8) is 0 Å². The molecule has 2 amide bonds. The van der Waals surface area contributed by atoms with Crippen molar-refractivity contribution in [2.45, 2.75) is 25.3 Å². The number of hydrogen-bond acceptors (Lipinski definition) is 5. The number of benzene rings is 2. The molecule has 2 aromatic rings. The molecule has 2 rings (SSSR count). The lowest BCUT2D eigenvalue weighted by Crippen LogP contribution is -2.33. The van der Waals surface area contributed by atoms with Gasteiger partial charge in [-0.15, -0.1) is 0 Å². The summed E-state index contributed by atoms with van der Waals surface area (Å²) in [5.74, 6) is -0.771. The van der Waals surface area contributed by atoms with Gasteiger partial charge in [-0.2, -0.15) is 0 Å². The minimum absolute atomic E-state index is 0.217. The second-order valence-electron chi connectivity index (χ2n) is 6.96. The fourth-order valence-electron chi connectivity index (χ4n) is 2.85. The van der Waals surface area contributed by atoms with Gasteiger partial charge in [0.1, 0.15) is 11.8 Å². The Morgan fingerprint density at radius 1 is 1.09 bits per heavy atom. The number of nitrogens with one attached hydrogen (secondary N) is 1. The number of ether oxygens (including phenoxy) is 1. The Morgan fingerprint density at radius 2 is 1.84 bits per heavy atom. The van der Waals surface area contributed by atoms with Crippen LogP contribution < -0.4 is 33.0 Å². The summed E-state index contributed by atoms with van der Waals surface area (Å²) in [4.78, 5) is 27.6. The smallest absolute Gasteiger partial charge is 0.251 e. The lowest BCUT2D eigenvalue weighted by Gasteiger charge is -2.12. The molecule has 0 saturated heterocycles. The molecular formula is C21H26Cl2N6O3. The number of guanidine groups is 1. The van der Waals surface area contributed by atoms with Crippen LogP contribution in [0.1, 0.15) is 28.8 Å². The number of carbonyl (C=O) groups is 2. The highest BCUT2D eigenvalue weighted by Crippen LogP contribution is 2.25. The van der Waals surface area contributed by atoms with Gasteiger partial charge < -0.3 is 33.0 Å². The maximum atomic E-state index is 12.4. The number of primary amides is 1. The van der Waals surface area contributed by atoms with E-state index >= 15 is 0 Å². The lowest BCUT2D eigenvalue weighted by atomic mass is 10.1. The largest absolute Gasteiger partial charge is 0.491 e. The molecule has 9 nitrogen and oxygen atoms in total. The first-order chi connectivity index (χ1) is 15.2. The Balaban J connectivity index is 1.88. The predicted octanol–water partition coefficient (Wildman–Crippen LogP) is 1.83. The summed E-state index contributed by atoms with van der Waals surface area (Å²) in [7, 11) is 0. The van der Waals surface area contributed by atoms with E-state index in [0.29, 0.717) is 59.5 Å². The Bertz CT molecular complexity index is 995. The van der Waals surface area contributed by atoms with E-state index in [1.54, 1.807) is 30.3 Å². The topological polar surface area (TPSA) is 172 Å². The molecule has 32 heavy (non-hydrogen) atoms. The fraction of sp³-hybridized carbons (Fsp3) is 0.286. The van der Waals surface area contributed by atoms with Crippen molar-refractivity contribution in [2.24, 2.45) is 22.2 Å². The number of hydrogen-bond donors (Lipinski definition) is 5. The highest BCUT2D eigenvalue weighted by Gasteiger charge is 2.14. The van der Waals surface area contributed by atoms with Crippen LogP contribution in [0.3, 0.4) is 0 Å². The van der Waals surface area contributed by atoms with Gasteiger partial charge in [0, 0.05) is 28.6 Å². The summed E-state index contributed by atoms with van der Waals surface area (Å²) < 4.78 is 5.75. The van der Waals surface area contributed by atoms with E-state index in [0.717, 1.165) is 5.56 Å². The molecule has 0 saturated carbocycles. The van der Waals surface area contributed by atoms with Gasteiger partial charge in [0.15, 0.2) is 5.96 Å². The Morgan fingerprint density at radius 3 is 2.50 bits per heavy atom. The number of nitrogen functional groups attached to an aromatic ring is 1. The van der Waals surface area contributed by atoms with Crippen molar-refractivity contribution in [1.82, 2.24) is 5.32 Å². The monoisotopic (exact) mass is 480 g/mol. The molecule has 0 unspecified atom stereocenters. The Hall–Kier alpha value is -3.17. The van der Waals surface area contributed by atoms with E-state index in [-0.39, 0.29) is 11.9 Å². The summed E-state index contributed by atoms with van der Waals surface area (Å²) >= 11 is 12.1. The molecule has 0 heterocycles. The predicted molar refractivity (Wildman–Crippen MR) is 127 cm³/mol. The number of nitrogens with zero attached hydrogens (tertiary/aromatic N) is 1. The van der Waals surface area contributed by atoms with Crippen LogP contribution in [-0.2, 0) is 11.2 Å². The van der Waals surface area contributed by atoms with Crippen LogP contribution in [-0.4, -0.2) is 37.0 Å². The normalized spacial score (nSPS) is 11.4. The molecule has 172 valence electrons. The molecular weight excluding hydrogens is 455 g/mol. The first-order valence-corrected chi connectivity index (χ1v) is 10.6. The lowest BCUT2D eigenvalue weighted by molar-refractivity contribution is -0.119. The maximum absolute atomic E-state index is 12.4. The number of rotatable bonds is 11. The molecule has 0 aliphatic rings. The van der Waals surface area contributed by atoms with Crippen LogP contribution in [0.5, 0.6) is 5.75 Å². The fourth-order valence-corrected chi connectivity index (χ4v) is 3.35. The van der Waals surface area contributed by atoms with Crippen LogP contribution in [0.4, 0.5) is 5.69 Å². The number of halogens is 2. The number of nitrogens with two attached hydrogens (primary N) is 4. The van der Waals surface area contributed by atoms with E-state index in [1.165, 1.54) is 0 Å². The Labute approximate surface area is 196 Å². The molecule has 9 N–H and O–H groups in total. The van der Waals surface area contributed by atoms with Gasteiger partial charge in [-0.3, -0.25) is 9.59 Å². The van der Waals surface area contributed by atoms with Crippen molar-refractivity contribution in [2.75, 3.05) is 18.9 Å². The third-order valence-corrected chi connectivity index (χ3v) is 5.08. The van der Waals surface area contributed by atoms with Crippen LogP contribution >= 0.6 is 23.2 Å². The second kappa shape index (κ2) is 12.0. The number of carbonyl (C=O) groups excluding carboxylic acids is 2. The van der Waals surface area contributed by atoms with Crippen molar-refractivity contribution in [3.8, 4) is 5.75 Å². The van der Waals surface area contributed by atoms with Gasteiger partial charge in [0.25, 0.3) is 5.91 Å². The molecule has 0 bridgehead atoms. The first kappa shape index (κ1) is 25.1. The zero-order chi connectivity index (χ0) is 23.7. The van der Waals surface area contributed by atoms with Crippen molar-refractivity contribution < 1.29 is 14.3 Å². The number of anilines is 1. The van der Waals surface area contributed by atoms with E-state index in [4.69, 9.17) is 50.9 Å². The maximum Gasteiger partial charge on any atom is 0.251 e. The third kappa shape index (κ3) is 7.82. The molecule has 0 fully saturated rings. The standard InChI is InChI=1S/C21H26Cl2N6O3/c22-14-5-3-12(15(23)11-14)7-9-32-18-10-13(4-6-16(18)24)20(31)28-8-1-2-17(19(25)30)29-21(26)27/h3-6,10-11,17H,1-2,7-9,24H2,(H2,25,30)(H,28,31)(H4,26,27,29)/t17-/m0/s1. The van der Waals surface area contributed by atoms with Crippen molar-refractivity contribution in [1.29, 1.82) is 0 Å². The summed E-state index contributed by atoms with van der Waals surface area (Å²) in [6.45, 7) is 0.619. The van der Waals surface area contributed by atoms with Gasteiger partial charge in [-0.1, -0.05) is 29.3 Å². The minimum atomic E-state index is -0.831. The number of aliphatic imine (C=N–C) groups is 1. The van der Waals surface area contributed by atoms with Gasteiger partial charge in [-0.05, 0) is 48.7 Å². The van der Waals surface area contributed by atoms with E-state index in [9.17, 15) is 9.59 Å². The summed E-state index contributed by atoms with van der Waals surface area (Å²) in [5, 5.41) is 3.87. The summed E-state index contributed by atoms with van der Waals surface area (Å²) in [6, 6.07) is 9.19. The first-order valence-electron chi connectivity index (χ1n) is 9.80. The molecule has 2 aromatic carbocycles. The second-order valence-corrected chi connectivity index (χ2v) is 7.80. The van der Waals surface area contributed by atoms with Gasteiger partial charge in [0.2, 0.25) is 5.91 Å². The molecule has 1 atom stereocenters. The highest BCUT2D eigenvalue weighted by atomic mass is 35.5. The average Bonchev–Trinajstić information content (AvgIpc) is 2.72. The van der Waals surface area contributed by atoms with E-state index in [1.807, 2.05) is 6.07 Å². The zero-order valence-corrected chi connectivity index (χ0v) is 18.8. The van der Waals surface area contributed by atoms with Crippen LogP contribution in [0.15, 0.2) is 41.4 Å². The molecule has 0 aromatic heterocycles. The molecule has 0 aliphatic carbocycles. The summed E-state index contributed by atoms with van der Waals surface area (Å²) in [5.41, 5.74) is 23.5. The van der Waals surface area contributed by atoms with E-state index < -0.39 is 11.9 Å². The SMILES string of the molecule is NC(=O)[C@H](CCCNC(=O)c1ccc(N)c(OCCc2ccc(Cl)cc2Cl)c1)N=C(N)N. The third-order valence-electron chi connectivity index (χ3n) is 4.49. The van der Waals surface area contributed by atoms with Gasteiger partial charge in [0.05, 0.1) is 12.3 Å². The van der Waals surface area contributed by atoms with Crippen LogP contribution in [0.25, 0.3) is 0 Å². The molecule has 0 radical (unpaired) electrons. The zero-order valence-electron chi connectivity index (χ0n) is 17.3. The highest BCUT2D eigenvalue weighted by molar-refractivity contribution is 6.35. The van der Waals surface area contributed by atoms with Gasteiger partial charge in [-0.25, -0.2) is 4.99 Å².